The van der Waals surface area contributed by atoms with Gasteiger partial charge in [-0.2, -0.15) is 18.3 Å². The molecule has 2 N–H and O–H groups in total. The van der Waals surface area contributed by atoms with Crippen LogP contribution in [0.2, 0.25) is 0 Å². The molecule has 0 atom stereocenters. The molecular formula is C19H17F3N2O2. The van der Waals surface area contributed by atoms with E-state index in [0.29, 0.717) is 10.9 Å². The van der Waals surface area contributed by atoms with Crippen LogP contribution >= 0.6 is 0 Å². The molecule has 0 spiro atoms. The third-order valence-electron chi connectivity index (χ3n) is 4.94. The van der Waals surface area contributed by atoms with E-state index in [1.165, 1.54) is 22.9 Å². The molecule has 0 aliphatic heterocycles. The van der Waals surface area contributed by atoms with Crippen LogP contribution in [0.4, 0.5) is 13.2 Å². The lowest BCUT2D eigenvalue weighted by Crippen LogP contribution is -2.12. The van der Waals surface area contributed by atoms with Crippen molar-refractivity contribution in [1.82, 2.24) is 9.78 Å². The first-order valence-electron chi connectivity index (χ1n) is 8.47. The summed E-state index contributed by atoms with van der Waals surface area (Å²) in [5.74, 6) is -0.345. The van der Waals surface area contributed by atoms with Crippen LogP contribution in [0.3, 0.4) is 0 Å². The van der Waals surface area contributed by atoms with Gasteiger partial charge < -0.3 is 10.2 Å². The quantitative estimate of drug-likeness (QED) is 0.655. The summed E-state index contributed by atoms with van der Waals surface area (Å²) < 4.78 is 42.3. The van der Waals surface area contributed by atoms with E-state index in [1.807, 2.05) is 0 Å². The van der Waals surface area contributed by atoms with Gasteiger partial charge in [-0.05, 0) is 31.0 Å². The number of aromatic nitrogens is 2. The summed E-state index contributed by atoms with van der Waals surface area (Å²) in [6, 6.07) is 7.92. The van der Waals surface area contributed by atoms with Crippen molar-refractivity contribution in [3.63, 3.8) is 0 Å². The number of fused-ring (bicyclic) bond motifs is 1. The molecule has 1 saturated carbocycles. The van der Waals surface area contributed by atoms with Gasteiger partial charge in [0.25, 0.3) is 0 Å². The summed E-state index contributed by atoms with van der Waals surface area (Å²) >= 11 is 0. The van der Waals surface area contributed by atoms with Gasteiger partial charge in [-0.1, -0.05) is 25.0 Å². The highest BCUT2D eigenvalue weighted by Crippen LogP contribution is 2.43. The maximum absolute atomic E-state index is 13.6. The van der Waals surface area contributed by atoms with Gasteiger partial charge in [-0.25, -0.2) is 0 Å². The Bertz CT molecular complexity index is 973. The third-order valence-corrected chi connectivity index (χ3v) is 4.94. The highest BCUT2D eigenvalue weighted by atomic mass is 19.4. The molecule has 0 unspecified atom stereocenters. The number of phenolic OH excluding ortho intramolecular Hbond substituents is 2. The van der Waals surface area contributed by atoms with Crippen molar-refractivity contribution in [3.8, 4) is 22.8 Å². The highest BCUT2D eigenvalue weighted by Gasteiger charge is 2.36. The first-order valence-corrected chi connectivity index (χ1v) is 8.47. The summed E-state index contributed by atoms with van der Waals surface area (Å²) in [5, 5.41) is 24.5. The van der Waals surface area contributed by atoms with E-state index in [2.05, 4.69) is 5.10 Å². The molecule has 4 nitrogen and oxygen atoms in total. The predicted molar refractivity (Wildman–Crippen MR) is 91.0 cm³/mol. The first kappa shape index (κ1) is 16.8. The number of nitrogens with zero attached hydrogens (tertiary/aromatic N) is 2. The molecule has 0 radical (unpaired) electrons. The molecule has 0 amide bonds. The zero-order valence-corrected chi connectivity index (χ0v) is 13.8. The van der Waals surface area contributed by atoms with Crippen LogP contribution in [0.15, 0.2) is 36.4 Å². The Morgan fingerprint density at radius 3 is 2.42 bits per heavy atom. The van der Waals surface area contributed by atoms with Crippen molar-refractivity contribution in [3.05, 3.63) is 42.0 Å². The van der Waals surface area contributed by atoms with Crippen LogP contribution in [0, 0.1) is 0 Å². The van der Waals surface area contributed by atoms with Crippen molar-refractivity contribution in [2.24, 2.45) is 0 Å². The van der Waals surface area contributed by atoms with Gasteiger partial charge in [0, 0.05) is 17.0 Å². The Kier molecular flexibility index (Phi) is 3.82. The van der Waals surface area contributed by atoms with Crippen molar-refractivity contribution < 1.29 is 23.4 Å². The van der Waals surface area contributed by atoms with Crippen LogP contribution in [0.5, 0.6) is 11.5 Å². The largest absolute Gasteiger partial charge is 0.508 e. The van der Waals surface area contributed by atoms with Crippen LogP contribution in [-0.4, -0.2) is 20.0 Å². The second-order valence-electron chi connectivity index (χ2n) is 6.63. The number of hydrogen-bond acceptors (Lipinski definition) is 3. The van der Waals surface area contributed by atoms with Crippen molar-refractivity contribution in [2.75, 3.05) is 0 Å². The molecule has 2 aromatic carbocycles. The van der Waals surface area contributed by atoms with Gasteiger partial charge in [-0.3, -0.25) is 4.68 Å². The molecule has 0 bridgehead atoms. The molecule has 3 aromatic rings. The number of rotatable bonds is 2. The summed E-state index contributed by atoms with van der Waals surface area (Å²) in [6.45, 7) is 0. The number of phenols is 2. The number of halogens is 3. The monoisotopic (exact) mass is 362 g/mol. The van der Waals surface area contributed by atoms with Crippen LogP contribution in [0.1, 0.15) is 37.3 Å². The molecule has 1 fully saturated rings. The fraction of sp³-hybridized carbons (Fsp3) is 0.316. The van der Waals surface area contributed by atoms with Gasteiger partial charge in [0.05, 0.1) is 17.1 Å². The Morgan fingerprint density at radius 2 is 1.77 bits per heavy atom. The average molecular weight is 362 g/mol. The molecule has 26 heavy (non-hydrogen) atoms. The van der Waals surface area contributed by atoms with Gasteiger partial charge in [0.15, 0.2) is 0 Å². The van der Waals surface area contributed by atoms with E-state index in [4.69, 9.17) is 0 Å². The van der Waals surface area contributed by atoms with Crippen molar-refractivity contribution in [2.45, 2.75) is 37.9 Å². The van der Waals surface area contributed by atoms with E-state index in [-0.39, 0.29) is 28.8 Å². The predicted octanol–water partition coefficient (Wildman–Crippen LogP) is 5.25. The minimum Gasteiger partial charge on any atom is -0.508 e. The molecule has 136 valence electrons. The maximum atomic E-state index is 13.6. The lowest BCUT2D eigenvalue weighted by atomic mass is 10.0. The molecule has 1 heterocycles. The molecular weight excluding hydrogens is 345 g/mol. The second-order valence-corrected chi connectivity index (χ2v) is 6.63. The third kappa shape index (κ3) is 2.67. The summed E-state index contributed by atoms with van der Waals surface area (Å²) in [5.41, 5.74) is -0.0901. The molecule has 0 saturated heterocycles. The number of aromatic hydroxyl groups is 2. The van der Waals surface area contributed by atoms with E-state index in [0.717, 1.165) is 37.8 Å². The van der Waals surface area contributed by atoms with Gasteiger partial charge >= 0.3 is 6.18 Å². The number of benzene rings is 2. The molecule has 1 aromatic heterocycles. The summed E-state index contributed by atoms with van der Waals surface area (Å²) in [4.78, 5) is 0. The minimum absolute atomic E-state index is 0.0503. The van der Waals surface area contributed by atoms with Crippen LogP contribution < -0.4 is 0 Å². The van der Waals surface area contributed by atoms with Crippen LogP contribution in [0.25, 0.3) is 22.2 Å². The minimum atomic E-state index is -4.50. The van der Waals surface area contributed by atoms with Gasteiger partial charge in [0.2, 0.25) is 0 Å². The lowest BCUT2D eigenvalue weighted by Gasteiger charge is -2.15. The Labute approximate surface area is 147 Å². The SMILES string of the molecule is Oc1ccc(-c2nn(C3CCCC3)c3c(C(F)(F)F)cccc23)c(O)c1. The molecule has 1 aliphatic rings. The standard InChI is InChI=1S/C19H17F3N2O2/c20-19(21,22)15-7-3-6-14-17(13-9-8-12(25)10-16(13)26)23-24(18(14)15)11-4-1-2-5-11/h3,6-11,25-26H,1-2,4-5H2. The van der Waals surface area contributed by atoms with E-state index in [9.17, 15) is 23.4 Å². The summed E-state index contributed by atoms with van der Waals surface area (Å²) in [7, 11) is 0. The normalized spacial score (nSPS) is 15.8. The fourth-order valence-corrected chi connectivity index (χ4v) is 3.75. The smallest absolute Gasteiger partial charge is 0.418 e. The highest BCUT2D eigenvalue weighted by molar-refractivity contribution is 5.96. The van der Waals surface area contributed by atoms with Gasteiger partial charge in [-0.15, -0.1) is 0 Å². The number of alkyl halides is 3. The van der Waals surface area contributed by atoms with Crippen molar-refractivity contribution in [1.29, 1.82) is 0 Å². The molecule has 4 rings (SSSR count). The topological polar surface area (TPSA) is 58.3 Å². The van der Waals surface area contributed by atoms with E-state index >= 15 is 0 Å². The maximum Gasteiger partial charge on any atom is 0.418 e. The second kappa shape index (κ2) is 5.93. The Balaban J connectivity index is 2.03. The molecule has 1 aliphatic carbocycles. The van der Waals surface area contributed by atoms with Crippen LogP contribution in [-0.2, 0) is 6.18 Å². The lowest BCUT2D eigenvalue weighted by molar-refractivity contribution is -0.136. The first-order chi connectivity index (χ1) is 12.4. The average Bonchev–Trinajstić information content (AvgIpc) is 3.21. The number of para-hydroxylation sites is 1. The molecule has 7 heteroatoms. The van der Waals surface area contributed by atoms with Gasteiger partial charge in [0.1, 0.15) is 17.2 Å². The fourth-order valence-electron chi connectivity index (χ4n) is 3.75. The number of hydrogen-bond donors (Lipinski definition) is 2. The van der Waals surface area contributed by atoms with E-state index < -0.39 is 11.7 Å². The Hall–Kier alpha value is -2.70. The zero-order valence-electron chi connectivity index (χ0n) is 13.8. The zero-order chi connectivity index (χ0) is 18.5. The van der Waals surface area contributed by atoms with E-state index in [1.54, 1.807) is 6.07 Å². The Morgan fingerprint density at radius 1 is 1.04 bits per heavy atom. The van der Waals surface area contributed by atoms with Crippen molar-refractivity contribution >= 4 is 10.9 Å². The summed E-state index contributed by atoms with van der Waals surface area (Å²) in [6.07, 6.45) is -1.02.